The molecule has 4 nitrogen and oxygen atoms in total. The van der Waals surface area contributed by atoms with E-state index in [9.17, 15) is 9.59 Å². The number of halogens is 1. The van der Waals surface area contributed by atoms with E-state index in [1.165, 1.54) is 18.4 Å². The molecule has 0 radical (unpaired) electrons. The molecule has 1 aliphatic rings. The molecule has 2 amide bonds. The Bertz CT molecular complexity index is 838. The summed E-state index contributed by atoms with van der Waals surface area (Å²) < 4.78 is 1.05. The lowest BCUT2D eigenvalue weighted by atomic mass is 10.1. The Labute approximate surface area is 198 Å². The molecule has 0 saturated heterocycles. The summed E-state index contributed by atoms with van der Waals surface area (Å²) in [6.45, 7) is 2.44. The van der Waals surface area contributed by atoms with Crippen molar-refractivity contribution in [2.75, 3.05) is 5.75 Å². The van der Waals surface area contributed by atoms with Gasteiger partial charge in [-0.2, -0.15) is 0 Å². The quantitative estimate of drug-likeness (QED) is 0.463. The molecule has 0 bridgehead atoms. The molecule has 3 rings (SSSR count). The van der Waals surface area contributed by atoms with Crippen LogP contribution in [0.4, 0.5) is 0 Å². The molecular weight excluding hydrogens is 472 g/mol. The van der Waals surface area contributed by atoms with E-state index in [2.05, 4.69) is 33.4 Å². The van der Waals surface area contributed by atoms with Gasteiger partial charge in [0, 0.05) is 22.8 Å². The Hall–Kier alpha value is -1.79. The van der Waals surface area contributed by atoms with Gasteiger partial charge in [0.25, 0.3) is 0 Å². The molecule has 0 spiro atoms. The third kappa shape index (κ3) is 7.39. The van der Waals surface area contributed by atoms with Crippen molar-refractivity contribution in [2.24, 2.45) is 0 Å². The number of rotatable bonds is 10. The number of nitrogens with zero attached hydrogens (tertiary/aromatic N) is 1. The lowest BCUT2D eigenvalue weighted by molar-refractivity contribution is -0.139. The molecule has 0 aromatic heterocycles. The summed E-state index contributed by atoms with van der Waals surface area (Å²) in [5, 5.41) is 3.19. The minimum Gasteiger partial charge on any atom is -0.352 e. The van der Waals surface area contributed by atoms with Gasteiger partial charge < -0.3 is 10.2 Å². The minimum absolute atomic E-state index is 0.0133. The van der Waals surface area contributed by atoms with E-state index >= 15 is 0 Å². The zero-order valence-electron chi connectivity index (χ0n) is 18.1. The fourth-order valence-corrected chi connectivity index (χ4v) is 5.12. The molecule has 1 aliphatic carbocycles. The third-order valence-electron chi connectivity index (χ3n) is 5.69. The van der Waals surface area contributed by atoms with Crippen LogP contribution >= 0.6 is 27.7 Å². The zero-order chi connectivity index (χ0) is 22.1. The SMILES string of the molecule is CC[C@H](C(=O)NC1CCCC1)N(Cc1ccccc1)C(=O)CSCc1ccc(Br)cc1. The first-order valence-corrected chi connectivity index (χ1v) is 13.0. The van der Waals surface area contributed by atoms with Crippen LogP contribution < -0.4 is 5.32 Å². The van der Waals surface area contributed by atoms with Crippen LogP contribution in [0.2, 0.25) is 0 Å². The lowest BCUT2D eigenvalue weighted by Gasteiger charge is -2.31. The standard InChI is InChI=1S/C25H31BrN2O2S/c1-2-23(25(30)27-22-10-6-7-11-22)28(16-19-8-4-3-5-9-19)24(29)18-31-17-20-12-14-21(26)15-13-20/h3-5,8-9,12-15,22-23H,2,6-7,10-11,16-18H2,1H3,(H,27,30)/t23-/m1/s1. The van der Waals surface area contributed by atoms with Crippen molar-refractivity contribution in [1.29, 1.82) is 0 Å². The van der Waals surface area contributed by atoms with Crippen molar-refractivity contribution in [2.45, 2.75) is 63.4 Å². The molecule has 1 N–H and O–H groups in total. The Morgan fingerprint density at radius 2 is 1.74 bits per heavy atom. The Morgan fingerprint density at radius 3 is 2.39 bits per heavy atom. The summed E-state index contributed by atoms with van der Waals surface area (Å²) in [5.74, 6) is 1.12. The van der Waals surface area contributed by atoms with Crippen molar-refractivity contribution < 1.29 is 9.59 Å². The van der Waals surface area contributed by atoms with Crippen LogP contribution in [0.15, 0.2) is 59.1 Å². The van der Waals surface area contributed by atoms with Crippen LogP contribution in [-0.4, -0.2) is 34.6 Å². The van der Waals surface area contributed by atoms with Crippen LogP contribution in [0, 0.1) is 0 Å². The normalized spacial score (nSPS) is 14.9. The lowest BCUT2D eigenvalue weighted by Crippen LogP contribution is -2.51. The molecule has 0 unspecified atom stereocenters. The number of carbonyl (C=O) groups is 2. The van der Waals surface area contributed by atoms with E-state index in [1.54, 1.807) is 16.7 Å². The Balaban J connectivity index is 1.66. The number of carbonyl (C=O) groups excluding carboxylic acids is 2. The van der Waals surface area contributed by atoms with Gasteiger partial charge in [-0.25, -0.2) is 0 Å². The first kappa shape index (κ1) is 23.9. The number of hydrogen-bond donors (Lipinski definition) is 1. The highest BCUT2D eigenvalue weighted by Gasteiger charge is 2.30. The van der Waals surface area contributed by atoms with Gasteiger partial charge in [-0.1, -0.05) is 78.2 Å². The molecule has 1 saturated carbocycles. The van der Waals surface area contributed by atoms with Crippen LogP contribution in [-0.2, 0) is 21.9 Å². The molecule has 2 aromatic carbocycles. The van der Waals surface area contributed by atoms with Crippen LogP contribution in [0.25, 0.3) is 0 Å². The predicted octanol–water partition coefficient (Wildman–Crippen LogP) is 5.55. The summed E-state index contributed by atoms with van der Waals surface area (Å²) in [6.07, 6.45) is 5.02. The topological polar surface area (TPSA) is 49.4 Å². The second-order valence-electron chi connectivity index (χ2n) is 8.04. The molecule has 6 heteroatoms. The second-order valence-corrected chi connectivity index (χ2v) is 9.94. The van der Waals surface area contributed by atoms with Crippen molar-refractivity contribution in [3.63, 3.8) is 0 Å². The van der Waals surface area contributed by atoms with Crippen LogP contribution in [0.1, 0.15) is 50.2 Å². The van der Waals surface area contributed by atoms with Crippen LogP contribution in [0.3, 0.4) is 0 Å². The van der Waals surface area contributed by atoms with Crippen molar-refractivity contribution in [1.82, 2.24) is 10.2 Å². The van der Waals surface area contributed by atoms with Gasteiger partial charge in [0.15, 0.2) is 0 Å². The number of thioether (sulfide) groups is 1. The monoisotopic (exact) mass is 502 g/mol. The van der Waals surface area contributed by atoms with E-state index in [0.717, 1.165) is 28.6 Å². The fraction of sp³-hybridized carbons (Fsp3) is 0.440. The molecule has 0 heterocycles. The van der Waals surface area contributed by atoms with E-state index in [-0.39, 0.29) is 17.9 Å². The van der Waals surface area contributed by atoms with E-state index in [4.69, 9.17) is 0 Å². The maximum absolute atomic E-state index is 13.3. The summed E-state index contributed by atoms with van der Waals surface area (Å²) in [4.78, 5) is 28.1. The number of benzene rings is 2. The number of hydrogen-bond acceptors (Lipinski definition) is 3. The Kier molecular flexibility index (Phi) is 9.47. The molecule has 2 aromatic rings. The van der Waals surface area contributed by atoms with E-state index in [0.29, 0.717) is 18.7 Å². The van der Waals surface area contributed by atoms with Crippen LogP contribution in [0.5, 0.6) is 0 Å². The van der Waals surface area contributed by atoms with E-state index < -0.39 is 6.04 Å². The molecule has 0 aliphatic heterocycles. The fourth-order valence-electron chi connectivity index (χ4n) is 3.99. The first-order chi connectivity index (χ1) is 15.1. The summed E-state index contributed by atoms with van der Waals surface area (Å²) >= 11 is 5.04. The smallest absolute Gasteiger partial charge is 0.243 e. The molecule has 31 heavy (non-hydrogen) atoms. The summed E-state index contributed by atoms with van der Waals surface area (Å²) in [5.41, 5.74) is 2.22. The van der Waals surface area contributed by atoms with Gasteiger partial charge in [0.2, 0.25) is 11.8 Å². The Morgan fingerprint density at radius 1 is 1.06 bits per heavy atom. The average molecular weight is 504 g/mol. The minimum atomic E-state index is -0.443. The maximum Gasteiger partial charge on any atom is 0.243 e. The van der Waals surface area contributed by atoms with Crippen molar-refractivity contribution in [3.8, 4) is 0 Å². The number of amides is 2. The highest BCUT2D eigenvalue weighted by Crippen LogP contribution is 2.21. The molecule has 166 valence electrons. The third-order valence-corrected chi connectivity index (χ3v) is 7.21. The van der Waals surface area contributed by atoms with Gasteiger partial charge in [0.05, 0.1) is 5.75 Å². The highest BCUT2D eigenvalue weighted by atomic mass is 79.9. The summed E-state index contributed by atoms with van der Waals surface area (Å²) in [6, 6.07) is 17.9. The van der Waals surface area contributed by atoms with Gasteiger partial charge >= 0.3 is 0 Å². The average Bonchev–Trinajstić information content (AvgIpc) is 3.28. The van der Waals surface area contributed by atoms with Crippen molar-refractivity contribution >= 4 is 39.5 Å². The molecule has 1 atom stereocenters. The zero-order valence-corrected chi connectivity index (χ0v) is 20.5. The molecular formula is C25H31BrN2O2S. The number of nitrogens with one attached hydrogen (secondary N) is 1. The summed E-state index contributed by atoms with van der Waals surface area (Å²) in [7, 11) is 0. The van der Waals surface area contributed by atoms with Gasteiger partial charge in [-0.15, -0.1) is 11.8 Å². The highest BCUT2D eigenvalue weighted by molar-refractivity contribution is 9.10. The first-order valence-electron chi connectivity index (χ1n) is 11.0. The van der Waals surface area contributed by atoms with Gasteiger partial charge in [-0.3, -0.25) is 9.59 Å². The van der Waals surface area contributed by atoms with Gasteiger partial charge in [0.1, 0.15) is 6.04 Å². The molecule has 1 fully saturated rings. The predicted molar refractivity (Wildman–Crippen MR) is 132 cm³/mol. The maximum atomic E-state index is 13.3. The van der Waals surface area contributed by atoms with E-state index in [1.807, 2.05) is 49.4 Å². The largest absolute Gasteiger partial charge is 0.352 e. The van der Waals surface area contributed by atoms with Crippen molar-refractivity contribution in [3.05, 3.63) is 70.2 Å². The van der Waals surface area contributed by atoms with Gasteiger partial charge in [-0.05, 0) is 42.5 Å². The second kappa shape index (κ2) is 12.3.